The first-order valence-electron chi connectivity index (χ1n) is 3.96. The summed E-state index contributed by atoms with van der Waals surface area (Å²) >= 11 is 2.67. The van der Waals surface area contributed by atoms with E-state index < -0.39 is 0 Å². The molecule has 5 radical (unpaired) electrons. The summed E-state index contributed by atoms with van der Waals surface area (Å²) in [6, 6.07) is 0. The van der Waals surface area contributed by atoms with Crippen molar-refractivity contribution in [3.63, 3.8) is 0 Å². The second kappa shape index (κ2) is 5.64. The fourth-order valence-electron chi connectivity index (χ4n) is 1.17. The van der Waals surface area contributed by atoms with Crippen molar-refractivity contribution in [3.05, 3.63) is 11.1 Å². The minimum atomic E-state index is 0. The molecular formula is C9H12Al2NO2. The monoisotopic (exact) mass is 220 g/mol. The van der Waals surface area contributed by atoms with E-state index in [0.717, 1.165) is 15.6 Å². The molecule has 71 valence electrons. The number of rotatable bonds is 2. The van der Waals surface area contributed by atoms with Gasteiger partial charge < -0.3 is 9.47 Å². The van der Waals surface area contributed by atoms with Gasteiger partial charge in [0.15, 0.2) is 16.3 Å². The zero-order valence-corrected chi connectivity index (χ0v) is 11.2. The van der Waals surface area contributed by atoms with Crippen molar-refractivity contribution in [1.82, 2.24) is 4.98 Å². The first-order chi connectivity index (χ1) is 6.11. The van der Waals surface area contributed by atoms with E-state index in [9.17, 15) is 0 Å². The van der Waals surface area contributed by atoms with Crippen molar-refractivity contribution in [2.24, 2.45) is 0 Å². The first kappa shape index (κ1) is 13.8. The van der Waals surface area contributed by atoms with Crippen molar-refractivity contribution >= 4 is 38.1 Å². The largest absolute Gasteiger partial charge is 0.481 e. The molecule has 0 atom stereocenters. The van der Waals surface area contributed by atoms with Crippen molar-refractivity contribution in [1.29, 1.82) is 0 Å². The van der Waals surface area contributed by atoms with Crippen molar-refractivity contribution in [3.8, 4) is 11.8 Å². The second-order valence-corrected chi connectivity index (χ2v) is 3.37. The Labute approximate surface area is 103 Å². The maximum atomic E-state index is 5.12. The molecule has 1 rings (SSSR count). The molecule has 0 saturated carbocycles. The van der Waals surface area contributed by atoms with Crippen LogP contribution in [0.1, 0.15) is 11.1 Å². The Kier molecular flexibility index (Phi) is 5.56. The van der Waals surface area contributed by atoms with Gasteiger partial charge in [-0.2, -0.15) is 4.98 Å². The van der Waals surface area contributed by atoms with Crippen LogP contribution in [0, 0.1) is 13.8 Å². The maximum Gasteiger partial charge on any atom is 0.217 e. The van der Waals surface area contributed by atoms with Gasteiger partial charge in [-0.05, 0) is 25.0 Å². The molecule has 0 aliphatic carbocycles. The standard InChI is InChI=1S/C9H12NO2.2Al/c1-6-5-7(2)9(12-4)10-8(6)11-3;;/h1-4H3;;. The molecule has 1 aromatic rings. The molecule has 0 aliphatic heterocycles. The van der Waals surface area contributed by atoms with Crippen LogP contribution in [-0.2, 0) is 0 Å². The van der Waals surface area contributed by atoms with Gasteiger partial charge >= 0.3 is 0 Å². The summed E-state index contributed by atoms with van der Waals surface area (Å²) in [4.78, 5) is 4.21. The van der Waals surface area contributed by atoms with E-state index in [4.69, 9.17) is 9.47 Å². The maximum absolute atomic E-state index is 5.12. The SMILES string of the molecule is COc1nc(OC)c(C)[c]([Al])c1C.[Al]. The topological polar surface area (TPSA) is 31.4 Å². The molecule has 3 nitrogen and oxygen atoms in total. The van der Waals surface area contributed by atoms with Crippen LogP contribution in [0.25, 0.3) is 0 Å². The van der Waals surface area contributed by atoms with Gasteiger partial charge in [-0.3, -0.25) is 0 Å². The minimum absolute atomic E-state index is 0. The summed E-state index contributed by atoms with van der Waals surface area (Å²) in [5.74, 6) is 1.24. The summed E-state index contributed by atoms with van der Waals surface area (Å²) in [7, 11) is 3.21. The highest BCUT2D eigenvalue weighted by Gasteiger charge is 2.10. The third-order valence-electron chi connectivity index (χ3n) is 2.04. The van der Waals surface area contributed by atoms with Crippen LogP contribution in [0.15, 0.2) is 0 Å². The molecule has 0 aromatic carbocycles. The van der Waals surface area contributed by atoms with Gasteiger partial charge in [0.2, 0.25) is 11.8 Å². The van der Waals surface area contributed by atoms with Gasteiger partial charge in [0, 0.05) is 17.4 Å². The zero-order valence-electron chi connectivity index (χ0n) is 8.92. The highest BCUT2D eigenvalue weighted by atomic mass is 27.0. The molecule has 1 aromatic heterocycles. The molecule has 0 N–H and O–H groups in total. The molecule has 1 heterocycles. The number of hydrogen-bond acceptors (Lipinski definition) is 3. The van der Waals surface area contributed by atoms with Crippen LogP contribution < -0.4 is 13.9 Å². The van der Waals surface area contributed by atoms with Gasteiger partial charge in [0.05, 0.1) is 14.2 Å². The summed E-state index contributed by atoms with van der Waals surface area (Å²) in [6.45, 7) is 3.95. The lowest BCUT2D eigenvalue weighted by Crippen LogP contribution is -2.16. The molecule has 0 fully saturated rings. The molecule has 0 spiro atoms. The Bertz CT molecular complexity index is 301. The Balaban J connectivity index is 0.00000169. The lowest BCUT2D eigenvalue weighted by Gasteiger charge is -2.13. The lowest BCUT2D eigenvalue weighted by atomic mass is 10.2. The fourth-order valence-corrected chi connectivity index (χ4v) is 1.42. The molecule has 5 heteroatoms. The number of nitrogens with zero attached hydrogens (tertiary/aromatic N) is 1. The van der Waals surface area contributed by atoms with Crippen LogP contribution >= 0.6 is 0 Å². The van der Waals surface area contributed by atoms with Crippen LogP contribution in [-0.4, -0.2) is 52.9 Å². The quantitative estimate of drug-likeness (QED) is 0.664. The summed E-state index contributed by atoms with van der Waals surface area (Å²) in [5, 5.41) is 0. The number of pyridine rings is 1. The smallest absolute Gasteiger partial charge is 0.217 e. The first-order valence-corrected chi connectivity index (χ1v) is 4.54. The highest BCUT2D eigenvalue weighted by molar-refractivity contribution is 6.34. The average molecular weight is 220 g/mol. The second-order valence-electron chi connectivity index (χ2n) is 2.79. The third-order valence-corrected chi connectivity index (χ3v) is 2.91. The van der Waals surface area contributed by atoms with E-state index in [1.807, 2.05) is 13.8 Å². The molecule has 0 aliphatic rings. The summed E-state index contributed by atoms with van der Waals surface area (Å²) in [5.41, 5.74) is 2.07. The van der Waals surface area contributed by atoms with Crippen molar-refractivity contribution < 1.29 is 9.47 Å². The number of ether oxygens (including phenoxy) is 2. The van der Waals surface area contributed by atoms with E-state index in [2.05, 4.69) is 21.3 Å². The molecular weight excluding hydrogens is 208 g/mol. The molecule has 0 saturated heterocycles. The van der Waals surface area contributed by atoms with E-state index >= 15 is 0 Å². The van der Waals surface area contributed by atoms with Crippen LogP contribution in [0.5, 0.6) is 11.8 Å². The van der Waals surface area contributed by atoms with E-state index in [-0.39, 0.29) is 17.4 Å². The average Bonchev–Trinajstić information content (AvgIpc) is 2.15. The Morgan fingerprint density at radius 2 is 1.36 bits per heavy atom. The fraction of sp³-hybridized carbons (Fsp3) is 0.444. The zero-order chi connectivity index (χ0) is 10.0. The minimum Gasteiger partial charge on any atom is -0.481 e. The lowest BCUT2D eigenvalue weighted by molar-refractivity contribution is 0.361. The number of aromatic nitrogens is 1. The van der Waals surface area contributed by atoms with Crippen molar-refractivity contribution in [2.45, 2.75) is 13.8 Å². The predicted molar refractivity (Wildman–Crippen MR) is 58.0 cm³/mol. The van der Waals surface area contributed by atoms with Gasteiger partial charge in [0.25, 0.3) is 0 Å². The normalized spacial score (nSPS) is 9.14. The molecule has 0 unspecified atom stereocenters. The van der Waals surface area contributed by atoms with E-state index in [0.29, 0.717) is 11.8 Å². The Morgan fingerprint density at radius 1 is 1.00 bits per heavy atom. The predicted octanol–water partition coefficient (Wildman–Crippen LogP) is 0.129. The Morgan fingerprint density at radius 3 is 1.64 bits per heavy atom. The molecule has 0 amide bonds. The summed E-state index contributed by atoms with van der Waals surface area (Å²) in [6.07, 6.45) is 0. The van der Waals surface area contributed by atoms with E-state index in [1.54, 1.807) is 14.2 Å². The molecule has 0 bridgehead atoms. The van der Waals surface area contributed by atoms with Gasteiger partial charge in [-0.25, -0.2) is 0 Å². The van der Waals surface area contributed by atoms with Gasteiger partial charge in [0.1, 0.15) is 0 Å². The highest BCUT2D eigenvalue weighted by Crippen LogP contribution is 2.20. The number of hydrogen-bond donors (Lipinski definition) is 0. The van der Waals surface area contributed by atoms with Crippen LogP contribution in [0.4, 0.5) is 0 Å². The molecule has 14 heavy (non-hydrogen) atoms. The van der Waals surface area contributed by atoms with Crippen molar-refractivity contribution in [2.75, 3.05) is 14.2 Å². The summed E-state index contributed by atoms with van der Waals surface area (Å²) < 4.78 is 11.3. The van der Waals surface area contributed by atoms with Gasteiger partial charge in [-0.1, -0.05) is 0 Å². The Hall–Kier alpha value is -0.185. The number of methoxy groups -OCH3 is 2. The van der Waals surface area contributed by atoms with E-state index in [1.165, 1.54) is 0 Å². The van der Waals surface area contributed by atoms with Gasteiger partial charge in [-0.15, -0.1) is 4.43 Å². The van der Waals surface area contributed by atoms with Crippen LogP contribution in [0.3, 0.4) is 0 Å². The third kappa shape index (κ3) is 2.44. The van der Waals surface area contributed by atoms with Crippen LogP contribution in [0.2, 0.25) is 0 Å².